The lowest BCUT2D eigenvalue weighted by Gasteiger charge is -2.23. The normalized spacial score (nSPS) is 14.4. The van der Waals surface area contributed by atoms with E-state index in [1.54, 1.807) is 38.5 Å². The van der Waals surface area contributed by atoms with E-state index >= 15 is 0 Å². The van der Waals surface area contributed by atoms with E-state index in [-0.39, 0.29) is 17.3 Å². The van der Waals surface area contributed by atoms with E-state index in [4.69, 9.17) is 37.4 Å². The molecule has 160 valence electrons. The van der Waals surface area contributed by atoms with Gasteiger partial charge in [0, 0.05) is 29.8 Å². The van der Waals surface area contributed by atoms with Gasteiger partial charge in [-0.05, 0) is 29.8 Å². The maximum absolute atomic E-state index is 12.9. The Labute approximate surface area is 185 Å². The number of halogens is 2. The molecule has 0 amide bonds. The number of allylic oxidation sites excluding steroid dienone is 1. The number of hydrogen-bond donors (Lipinski definition) is 1. The van der Waals surface area contributed by atoms with Crippen LogP contribution in [-0.2, 0) is 16.0 Å². The minimum Gasteiger partial charge on any atom is -0.872 e. The number of nitrogens with one attached hydrogen (secondary N) is 1. The van der Waals surface area contributed by atoms with Crippen LogP contribution in [0.25, 0.3) is 6.08 Å². The van der Waals surface area contributed by atoms with Crippen LogP contribution < -0.4 is 14.7 Å². The Morgan fingerprint density at radius 1 is 1.10 bits per heavy atom. The fourth-order valence-electron chi connectivity index (χ4n) is 3.26. The van der Waals surface area contributed by atoms with Crippen LogP contribution in [-0.4, -0.2) is 46.3 Å². The summed E-state index contributed by atoms with van der Waals surface area (Å²) in [5.41, 5.74) is 1.45. The number of rotatable bonds is 9. The van der Waals surface area contributed by atoms with Gasteiger partial charge in [-0.1, -0.05) is 41.1 Å². The summed E-state index contributed by atoms with van der Waals surface area (Å²) >= 11 is 12.2. The number of carbonyl (C=O) groups excluding carboxylic acids is 1. The van der Waals surface area contributed by atoms with Gasteiger partial charge in [0.15, 0.2) is 5.76 Å². The van der Waals surface area contributed by atoms with Crippen LogP contribution in [0.1, 0.15) is 21.5 Å². The fraction of sp³-hybridized carbons (Fsp3) is 0.318. The Morgan fingerprint density at radius 2 is 1.80 bits per heavy atom. The highest BCUT2D eigenvalue weighted by molar-refractivity contribution is 6.35. The van der Waals surface area contributed by atoms with Crippen LogP contribution in [0.3, 0.4) is 0 Å². The maximum Gasteiger partial charge on any atom is 0.231 e. The Bertz CT molecular complexity index is 953. The number of ether oxygens (including phenoxy) is 3. The molecule has 3 rings (SSSR count). The first-order chi connectivity index (χ1) is 14.4. The summed E-state index contributed by atoms with van der Waals surface area (Å²) in [5.74, 6) is -0.0140. The van der Waals surface area contributed by atoms with Crippen molar-refractivity contribution in [1.82, 2.24) is 0 Å². The molecule has 30 heavy (non-hydrogen) atoms. The monoisotopic (exact) mass is 451 g/mol. The van der Waals surface area contributed by atoms with Gasteiger partial charge in [-0.15, -0.1) is 0 Å². The van der Waals surface area contributed by atoms with Gasteiger partial charge in [0.05, 0.1) is 18.8 Å². The fourth-order valence-corrected chi connectivity index (χ4v) is 3.72. The van der Waals surface area contributed by atoms with E-state index in [1.165, 1.54) is 12.1 Å². The average molecular weight is 452 g/mol. The summed E-state index contributed by atoms with van der Waals surface area (Å²) in [4.78, 5) is 14.0. The number of carbonyl (C=O) groups is 1. The Hall–Kier alpha value is -2.09. The van der Waals surface area contributed by atoms with E-state index in [9.17, 15) is 9.90 Å². The average Bonchev–Trinajstić information content (AvgIpc) is 3.03. The molecule has 0 spiro atoms. The number of quaternary nitrogens is 1. The van der Waals surface area contributed by atoms with Gasteiger partial charge in [-0.3, -0.25) is 4.79 Å². The maximum atomic E-state index is 12.9. The van der Waals surface area contributed by atoms with Crippen molar-refractivity contribution in [2.75, 3.05) is 40.5 Å². The molecule has 0 atom stereocenters. The molecular weight excluding hydrogens is 429 g/mol. The number of methoxy groups -OCH3 is 2. The first-order valence-corrected chi connectivity index (χ1v) is 10.2. The van der Waals surface area contributed by atoms with Crippen molar-refractivity contribution >= 4 is 35.1 Å². The lowest BCUT2D eigenvalue weighted by molar-refractivity contribution is -0.914. The number of fused-ring (bicyclic) bond motifs is 1. The highest BCUT2D eigenvalue weighted by Crippen LogP contribution is 2.38. The third kappa shape index (κ3) is 5.14. The van der Waals surface area contributed by atoms with Gasteiger partial charge >= 0.3 is 0 Å². The van der Waals surface area contributed by atoms with Gasteiger partial charge < -0.3 is 24.2 Å². The topological polar surface area (TPSA) is 72.3 Å². The largest absolute Gasteiger partial charge is 0.872 e. The Balaban J connectivity index is 1.91. The van der Waals surface area contributed by atoms with Gasteiger partial charge in [0.25, 0.3) is 0 Å². The number of ketones is 1. The number of benzene rings is 2. The standard InChI is InChI=1S/C22H23Cl2NO5/c1-28-9-7-25(8-10-29-2)13-17-19(26)6-5-16-21(27)20(30-22(16)17)11-14-3-4-15(23)12-18(14)24/h3-6,11-12,26H,7-10,13H2,1-2H3/b20-11-. The zero-order valence-corrected chi connectivity index (χ0v) is 18.3. The van der Waals surface area contributed by atoms with E-state index in [0.29, 0.717) is 65.3 Å². The van der Waals surface area contributed by atoms with Crippen molar-refractivity contribution in [1.29, 1.82) is 0 Å². The Morgan fingerprint density at radius 3 is 2.43 bits per heavy atom. The molecule has 0 aliphatic carbocycles. The van der Waals surface area contributed by atoms with Gasteiger partial charge in [0.2, 0.25) is 5.78 Å². The van der Waals surface area contributed by atoms with E-state index in [2.05, 4.69) is 0 Å². The molecule has 0 saturated heterocycles. The lowest BCUT2D eigenvalue weighted by Crippen LogP contribution is -3.11. The first kappa shape index (κ1) is 22.6. The van der Waals surface area contributed by atoms with Crippen LogP contribution in [0.15, 0.2) is 36.1 Å². The second kappa shape index (κ2) is 10.3. The third-order valence-corrected chi connectivity index (χ3v) is 5.46. The molecule has 2 aromatic carbocycles. The summed E-state index contributed by atoms with van der Waals surface area (Å²) in [5, 5.41) is 13.5. The predicted molar refractivity (Wildman–Crippen MR) is 113 cm³/mol. The first-order valence-electron chi connectivity index (χ1n) is 9.48. The van der Waals surface area contributed by atoms with Crippen LogP contribution in [0.2, 0.25) is 10.0 Å². The molecular formula is C22H23Cl2NO5. The van der Waals surface area contributed by atoms with Gasteiger partial charge in [-0.25, -0.2) is 0 Å². The minimum absolute atomic E-state index is 0.122. The summed E-state index contributed by atoms with van der Waals surface area (Å²) < 4.78 is 16.2. The molecule has 1 heterocycles. The molecule has 1 aliphatic rings. The number of hydrogen-bond acceptors (Lipinski definition) is 5. The molecule has 6 nitrogen and oxygen atoms in total. The van der Waals surface area contributed by atoms with Crippen molar-refractivity contribution in [3.63, 3.8) is 0 Å². The second-order valence-electron chi connectivity index (χ2n) is 6.94. The van der Waals surface area contributed by atoms with Gasteiger partial charge in [-0.2, -0.15) is 0 Å². The highest BCUT2D eigenvalue weighted by atomic mass is 35.5. The zero-order chi connectivity index (χ0) is 21.7. The molecule has 0 fully saturated rings. The summed E-state index contributed by atoms with van der Waals surface area (Å²) in [6.45, 7) is 2.88. The molecule has 0 aromatic heterocycles. The summed E-state index contributed by atoms with van der Waals surface area (Å²) in [6, 6.07) is 7.91. The SMILES string of the molecule is COCC[NH+](CCOC)Cc1c([O-])ccc2c1O/C(=C\c1ccc(Cl)cc1Cl)C2=O. The molecule has 0 unspecified atom stereocenters. The molecule has 1 aliphatic heterocycles. The molecule has 8 heteroatoms. The molecule has 2 aromatic rings. The van der Waals surface area contributed by atoms with Crippen LogP contribution in [0, 0.1) is 0 Å². The van der Waals surface area contributed by atoms with Crippen molar-refractivity contribution < 1.29 is 29.0 Å². The molecule has 1 N–H and O–H groups in total. The van der Waals surface area contributed by atoms with Crippen molar-refractivity contribution in [3.05, 3.63) is 62.8 Å². The number of Topliss-reactive ketones (excluding diaryl/α,β-unsaturated/α-hetero) is 1. The second-order valence-corrected chi connectivity index (χ2v) is 7.78. The molecule has 0 saturated carbocycles. The van der Waals surface area contributed by atoms with Crippen LogP contribution in [0.5, 0.6) is 11.5 Å². The lowest BCUT2D eigenvalue weighted by atomic mass is 10.0. The molecule has 0 radical (unpaired) electrons. The van der Waals surface area contributed by atoms with Crippen LogP contribution >= 0.6 is 23.2 Å². The van der Waals surface area contributed by atoms with Crippen molar-refractivity contribution in [2.45, 2.75) is 6.54 Å². The van der Waals surface area contributed by atoms with E-state index in [0.717, 1.165) is 4.90 Å². The summed E-state index contributed by atoms with van der Waals surface area (Å²) in [6.07, 6.45) is 1.57. The van der Waals surface area contributed by atoms with E-state index < -0.39 is 0 Å². The van der Waals surface area contributed by atoms with Crippen molar-refractivity contribution in [3.8, 4) is 11.5 Å². The minimum atomic E-state index is -0.285. The van der Waals surface area contributed by atoms with Crippen molar-refractivity contribution in [2.24, 2.45) is 0 Å². The molecule has 0 bridgehead atoms. The van der Waals surface area contributed by atoms with Crippen LogP contribution in [0.4, 0.5) is 0 Å². The Kier molecular flexibility index (Phi) is 7.75. The zero-order valence-electron chi connectivity index (χ0n) is 16.8. The summed E-state index contributed by atoms with van der Waals surface area (Å²) in [7, 11) is 3.27. The predicted octanol–water partition coefficient (Wildman–Crippen LogP) is 2.36. The quantitative estimate of drug-likeness (QED) is 0.592. The van der Waals surface area contributed by atoms with E-state index in [1.807, 2.05) is 0 Å². The highest BCUT2D eigenvalue weighted by Gasteiger charge is 2.31. The third-order valence-electron chi connectivity index (χ3n) is 4.89. The smallest absolute Gasteiger partial charge is 0.231 e. The van der Waals surface area contributed by atoms with Gasteiger partial charge in [0.1, 0.15) is 25.4 Å².